The largest absolute Gasteiger partial charge is 1.00 e. The zero-order valence-electron chi connectivity index (χ0n) is 11.8. The van der Waals surface area contributed by atoms with Crippen LogP contribution in [0.15, 0.2) is 0 Å². The summed E-state index contributed by atoms with van der Waals surface area (Å²) in [6.45, 7) is 2.02. The average molecular weight is 330 g/mol. The molecule has 0 aromatic carbocycles. The van der Waals surface area contributed by atoms with E-state index in [9.17, 15) is 30.5 Å². The number of alkyl halides is 4. The molecular formula is C11H19F4NaO3S. The van der Waals surface area contributed by atoms with Crippen molar-refractivity contribution in [2.75, 3.05) is 0 Å². The predicted octanol–water partition coefficient (Wildman–Crippen LogP) is 0.904. The van der Waals surface area contributed by atoms with Crippen molar-refractivity contribution in [1.29, 1.82) is 0 Å². The Morgan fingerprint density at radius 2 is 1.30 bits per heavy atom. The van der Waals surface area contributed by atoms with E-state index in [1.54, 1.807) is 0 Å². The molecule has 3 nitrogen and oxygen atoms in total. The molecule has 0 amide bonds. The molecule has 0 rings (SSSR count). The summed E-state index contributed by atoms with van der Waals surface area (Å²) in [6, 6.07) is 0. The van der Waals surface area contributed by atoms with Crippen LogP contribution in [0.1, 0.15) is 58.3 Å². The molecule has 0 saturated heterocycles. The van der Waals surface area contributed by atoms with Crippen molar-refractivity contribution < 1.29 is 60.1 Å². The van der Waals surface area contributed by atoms with E-state index in [-0.39, 0.29) is 36.0 Å². The molecule has 0 aromatic rings. The maximum atomic E-state index is 13.0. The smallest absolute Gasteiger partial charge is 0.743 e. The summed E-state index contributed by atoms with van der Waals surface area (Å²) in [7, 11) is -6.35. The molecule has 0 heterocycles. The van der Waals surface area contributed by atoms with E-state index < -0.39 is 27.7 Å². The van der Waals surface area contributed by atoms with Crippen molar-refractivity contribution in [1.82, 2.24) is 0 Å². The maximum absolute atomic E-state index is 13.0. The van der Waals surface area contributed by atoms with E-state index in [0.29, 0.717) is 12.8 Å². The van der Waals surface area contributed by atoms with Gasteiger partial charge in [0.15, 0.2) is 10.1 Å². The Morgan fingerprint density at radius 1 is 0.900 bits per heavy atom. The number of unbranched alkanes of at least 4 members (excludes halogenated alkanes) is 6. The van der Waals surface area contributed by atoms with Crippen molar-refractivity contribution in [3.05, 3.63) is 0 Å². The van der Waals surface area contributed by atoms with E-state index in [0.717, 1.165) is 25.7 Å². The fourth-order valence-corrected chi connectivity index (χ4v) is 2.10. The molecular weight excluding hydrogens is 311 g/mol. The fraction of sp³-hybridized carbons (Fsp3) is 1.00. The molecule has 0 aromatic heterocycles. The van der Waals surface area contributed by atoms with Gasteiger partial charge < -0.3 is 4.55 Å². The van der Waals surface area contributed by atoms with E-state index in [1.165, 1.54) is 0 Å². The van der Waals surface area contributed by atoms with Gasteiger partial charge in [-0.3, -0.25) is 0 Å². The molecule has 20 heavy (non-hydrogen) atoms. The molecule has 0 unspecified atom stereocenters. The van der Waals surface area contributed by atoms with Crippen LogP contribution in [0.5, 0.6) is 0 Å². The second kappa shape index (κ2) is 9.61. The van der Waals surface area contributed by atoms with Gasteiger partial charge in [0.25, 0.3) is 0 Å². The van der Waals surface area contributed by atoms with Gasteiger partial charge in [-0.05, 0) is 6.42 Å². The van der Waals surface area contributed by atoms with Gasteiger partial charge in [0.1, 0.15) is 0 Å². The fourth-order valence-electron chi connectivity index (χ4n) is 1.63. The van der Waals surface area contributed by atoms with Gasteiger partial charge in [0, 0.05) is 6.42 Å². The molecule has 0 atom stereocenters. The van der Waals surface area contributed by atoms with Crippen molar-refractivity contribution in [2.45, 2.75) is 69.5 Å². The standard InChI is InChI=1S/C11H20F4O3S.Na/c1-2-3-4-5-6-7-8-9-10(12,13)11(14,15)19(16,17)18;/h2-9H2,1H3,(H,16,17,18);/q;+1/p-1. The van der Waals surface area contributed by atoms with Gasteiger partial charge >= 0.3 is 40.7 Å². The van der Waals surface area contributed by atoms with Crippen molar-refractivity contribution in [2.24, 2.45) is 0 Å². The average Bonchev–Trinajstić information content (AvgIpc) is 2.26. The Morgan fingerprint density at radius 3 is 1.70 bits per heavy atom. The van der Waals surface area contributed by atoms with Gasteiger partial charge in [0.05, 0.1) is 0 Å². The van der Waals surface area contributed by atoms with Gasteiger partial charge in [-0.25, -0.2) is 8.42 Å². The van der Waals surface area contributed by atoms with Crippen LogP contribution in [0, 0.1) is 0 Å². The Kier molecular flexibility index (Phi) is 11.0. The maximum Gasteiger partial charge on any atom is 1.00 e. The molecule has 0 bridgehead atoms. The molecule has 0 radical (unpaired) electrons. The van der Waals surface area contributed by atoms with Crippen LogP contribution in [0.3, 0.4) is 0 Å². The van der Waals surface area contributed by atoms with Crippen LogP contribution in [-0.4, -0.2) is 24.1 Å². The Balaban J connectivity index is 0. The normalized spacial score (nSPS) is 13.1. The second-order valence-electron chi connectivity index (χ2n) is 4.55. The molecule has 0 N–H and O–H groups in total. The summed E-state index contributed by atoms with van der Waals surface area (Å²) >= 11 is 0. The zero-order chi connectivity index (χ0) is 15.2. The first-order valence-corrected chi connectivity index (χ1v) is 7.68. The minimum absolute atomic E-state index is 0. The van der Waals surface area contributed by atoms with Crippen LogP contribution >= 0.6 is 0 Å². The first-order valence-electron chi connectivity index (χ1n) is 6.27. The second-order valence-corrected chi connectivity index (χ2v) is 5.97. The van der Waals surface area contributed by atoms with E-state index in [2.05, 4.69) is 0 Å². The van der Waals surface area contributed by atoms with Crippen LogP contribution in [0.2, 0.25) is 0 Å². The van der Waals surface area contributed by atoms with Gasteiger partial charge in [-0.1, -0.05) is 45.4 Å². The summed E-state index contributed by atoms with van der Waals surface area (Å²) in [6.07, 6.45) is 3.27. The van der Waals surface area contributed by atoms with E-state index in [4.69, 9.17) is 0 Å². The Labute approximate surface area is 139 Å². The molecule has 0 aliphatic carbocycles. The minimum Gasteiger partial charge on any atom is -0.743 e. The molecule has 0 spiro atoms. The van der Waals surface area contributed by atoms with E-state index in [1.807, 2.05) is 6.92 Å². The van der Waals surface area contributed by atoms with Crippen LogP contribution < -0.4 is 29.6 Å². The topological polar surface area (TPSA) is 57.2 Å². The number of rotatable bonds is 10. The summed E-state index contributed by atoms with van der Waals surface area (Å²) < 4.78 is 81.8. The summed E-state index contributed by atoms with van der Waals surface area (Å²) in [5.74, 6) is -4.81. The van der Waals surface area contributed by atoms with Crippen molar-refractivity contribution in [3.63, 3.8) is 0 Å². The quantitative estimate of drug-likeness (QED) is 0.259. The monoisotopic (exact) mass is 330 g/mol. The van der Waals surface area contributed by atoms with Crippen molar-refractivity contribution >= 4 is 10.1 Å². The number of halogens is 4. The van der Waals surface area contributed by atoms with E-state index >= 15 is 0 Å². The first-order chi connectivity index (χ1) is 8.56. The Bertz CT molecular complexity index is 361. The molecule has 116 valence electrons. The molecule has 9 heteroatoms. The minimum atomic E-state index is -6.35. The van der Waals surface area contributed by atoms with Crippen LogP contribution in [0.25, 0.3) is 0 Å². The van der Waals surface area contributed by atoms with Gasteiger partial charge in [-0.15, -0.1) is 0 Å². The molecule has 0 aliphatic heterocycles. The SMILES string of the molecule is CCCCCCCCCC(F)(F)C(F)(F)S(=O)(=O)[O-].[Na+]. The zero-order valence-corrected chi connectivity index (χ0v) is 14.6. The third-order valence-corrected chi connectivity index (χ3v) is 3.76. The molecule has 0 fully saturated rings. The van der Waals surface area contributed by atoms with Crippen molar-refractivity contribution in [3.8, 4) is 0 Å². The summed E-state index contributed by atoms with van der Waals surface area (Å²) in [4.78, 5) is 0. The number of hydrogen-bond acceptors (Lipinski definition) is 3. The summed E-state index contributed by atoms with van der Waals surface area (Å²) in [5.41, 5.74) is 0. The first kappa shape index (κ1) is 22.9. The number of hydrogen-bond donors (Lipinski definition) is 0. The molecule has 0 saturated carbocycles. The van der Waals surface area contributed by atoms with Gasteiger partial charge in [0.2, 0.25) is 0 Å². The third-order valence-electron chi connectivity index (χ3n) is 2.83. The van der Waals surface area contributed by atoms with Crippen LogP contribution in [-0.2, 0) is 10.1 Å². The molecule has 0 aliphatic rings. The predicted molar refractivity (Wildman–Crippen MR) is 62.2 cm³/mol. The summed E-state index contributed by atoms with van der Waals surface area (Å²) in [5, 5.41) is -5.54. The Hall–Kier alpha value is 0.630. The third kappa shape index (κ3) is 7.06. The van der Waals surface area contributed by atoms with Crippen LogP contribution in [0.4, 0.5) is 17.6 Å². The van der Waals surface area contributed by atoms with Gasteiger partial charge in [-0.2, -0.15) is 17.6 Å².